The molecule has 0 aromatic carbocycles. The molecule has 2 amide bonds. The monoisotopic (exact) mass is 421 g/mol. The van der Waals surface area contributed by atoms with Gasteiger partial charge in [0.15, 0.2) is 0 Å². The molecule has 0 radical (unpaired) electrons. The molecular formula is C21H23N7O3. The van der Waals surface area contributed by atoms with Crippen LogP contribution in [0.4, 0.5) is 5.82 Å². The van der Waals surface area contributed by atoms with Gasteiger partial charge in [-0.05, 0) is 24.5 Å². The van der Waals surface area contributed by atoms with Crippen LogP contribution >= 0.6 is 0 Å². The average molecular weight is 421 g/mol. The van der Waals surface area contributed by atoms with E-state index in [9.17, 15) is 9.59 Å². The minimum absolute atomic E-state index is 0.0217. The van der Waals surface area contributed by atoms with Crippen LogP contribution in [-0.2, 0) is 9.63 Å². The normalized spacial score (nSPS) is 19.8. The van der Waals surface area contributed by atoms with Crippen molar-refractivity contribution in [1.29, 1.82) is 0 Å². The molecule has 0 saturated carbocycles. The van der Waals surface area contributed by atoms with Crippen molar-refractivity contribution in [3.8, 4) is 0 Å². The van der Waals surface area contributed by atoms with Crippen molar-refractivity contribution in [2.45, 2.75) is 25.3 Å². The molecule has 2 fully saturated rings. The number of carbonyl (C=O) groups excluding carboxylic acids is 2. The SMILES string of the molecule is NC(=O)c1cc(N2CCC(C(=O)N3OCCC3c3ccc4nccn4c3)CC2)ncn1. The maximum atomic E-state index is 13.3. The Hall–Kier alpha value is -3.53. The van der Waals surface area contributed by atoms with Gasteiger partial charge in [-0.3, -0.25) is 14.4 Å². The van der Waals surface area contributed by atoms with Gasteiger partial charge in [-0.1, -0.05) is 6.07 Å². The number of nitrogens with two attached hydrogens (primary N) is 1. The van der Waals surface area contributed by atoms with Gasteiger partial charge in [0.05, 0.1) is 12.6 Å². The van der Waals surface area contributed by atoms with Crippen molar-refractivity contribution in [2.24, 2.45) is 11.7 Å². The number of rotatable bonds is 4. The minimum atomic E-state index is -0.584. The molecule has 3 aromatic rings. The van der Waals surface area contributed by atoms with Crippen molar-refractivity contribution in [2.75, 3.05) is 24.6 Å². The molecule has 2 aliphatic rings. The van der Waals surface area contributed by atoms with E-state index >= 15 is 0 Å². The Bertz CT molecular complexity index is 1120. The first kappa shape index (κ1) is 19.4. The van der Waals surface area contributed by atoms with Gasteiger partial charge in [-0.25, -0.2) is 20.0 Å². The molecule has 1 atom stereocenters. The smallest absolute Gasteiger partial charge is 0.267 e. The van der Waals surface area contributed by atoms with Crippen LogP contribution in [0.25, 0.3) is 5.65 Å². The molecule has 5 rings (SSSR count). The fraction of sp³-hybridized carbons (Fsp3) is 0.381. The molecule has 10 nitrogen and oxygen atoms in total. The molecular weight excluding hydrogens is 398 g/mol. The van der Waals surface area contributed by atoms with Crippen LogP contribution in [0.5, 0.6) is 0 Å². The molecule has 0 aliphatic carbocycles. The van der Waals surface area contributed by atoms with Crippen molar-refractivity contribution in [3.05, 3.63) is 54.4 Å². The summed E-state index contributed by atoms with van der Waals surface area (Å²) in [7, 11) is 0. The molecule has 31 heavy (non-hydrogen) atoms. The number of piperidine rings is 1. The highest BCUT2D eigenvalue weighted by Crippen LogP contribution is 2.34. The Morgan fingerprint density at radius 1 is 1.10 bits per heavy atom. The van der Waals surface area contributed by atoms with Crippen LogP contribution in [0.2, 0.25) is 0 Å². The van der Waals surface area contributed by atoms with Gasteiger partial charge in [0, 0.05) is 50.1 Å². The van der Waals surface area contributed by atoms with Gasteiger partial charge in [-0.15, -0.1) is 0 Å². The van der Waals surface area contributed by atoms with E-state index in [4.69, 9.17) is 10.6 Å². The number of primary amides is 1. The third-order valence-corrected chi connectivity index (χ3v) is 5.99. The predicted octanol–water partition coefficient (Wildman–Crippen LogP) is 1.34. The number of hydrogen-bond acceptors (Lipinski definition) is 7. The van der Waals surface area contributed by atoms with Crippen molar-refractivity contribution >= 4 is 23.3 Å². The van der Waals surface area contributed by atoms with E-state index in [0.29, 0.717) is 38.4 Å². The van der Waals surface area contributed by atoms with Gasteiger partial charge >= 0.3 is 0 Å². The summed E-state index contributed by atoms with van der Waals surface area (Å²) in [5.74, 6) is -0.0295. The summed E-state index contributed by atoms with van der Waals surface area (Å²) in [5.41, 5.74) is 7.41. The molecule has 2 aliphatic heterocycles. The topological polar surface area (TPSA) is 119 Å². The van der Waals surface area contributed by atoms with Gasteiger partial charge in [0.1, 0.15) is 23.5 Å². The number of fused-ring (bicyclic) bond motifs is 1. The molecule has 3 aromatic heterocycles. The number of aromatic nitrogens is 4. The van der Waals surface area contributed by atoms with Crippen LogP contribution in [0.1, 0.15) is 41.4 Å². The summed E-state index contributed by atoms with van der Waals surface area (Å²) < 4.78 is 1.96. The second kappa shape index (κ2) is 7.95. The Kier molecular flexibility index (Phi) is 4.99. The molecule has 2 N–H and O–H groups in total. The largest absolute Gasteiger partial charge is 0.364 e. The van der Waals surface area contributed by atoms with Gasteiger partial charge in [0.2, 0.25) is 5.91 Å². The van der Waals surface area contributed by atoms with Gasteiger partial charge in [0.25, 0.3) is 5.91 Å². The highest BCUT2D eigenvalue weighted by atomic mass is 16.7. The maximum absolute atomic E-state index is 13.3. The summed E-state index contributed by atoms with van der Waals surface area (Å²) in [6.45, 7) is 1.84. The average Bonchev–Trinajstić information content (AvgIpc) is 3.48. The van der Waals surface area contributed by atoms with Crippen LogP contribution < -0.4 is 10.6 Å². The summed E-state index contributed by atoms with van der Waals surface area (Å²) in [6.07, 6.45) is 9.13. The number of pyridine rings is 1. The van der Waals surface area contributed by atoms with E-state index in [1.165, 1.54) is 6.33 Å². The highest BCUT2D eigenvalue weighted by molar-refractivity contribution is 5.91. The second-order valence-corrected chi connectivity index (χ2v) is 7.84. The van der Waals surface area contributed by atoms with Crippen molar-refractivity contribution in [3.63, 3.8) is 0 Å². The number of hydrogen-bond donors (Lipinski definition) is 1. The third kappa shape index (κ3) is 3.70. The lowest BCUT2D eigenvalue weighted by atomic mass is 9.94. The third-order valence-electron chi connectivity index (χ3n) is 5.99. The van der Waals surface area contributed by atoms with E-state index < -0.39 is 5.91 Å². The molecule has 0 bridgehead atoms. The number of nitrogens with zero attached hydrogens (tertiary/aromatic N) is 6. The molecule has 2 saturated heterocycles. The number of hydroxylamine groups is 2. The standard InChI is InChI=1S/C21H23N7O3/c22-20(29)16-11-19(25-13-24-16)26-7-3-14(4-8-26)21(30)28-17(5-10-31-28)15-1-2-18-23-6-9-27(18)12-15/h1-2,6,9,11-14,17H,3-5,7-8,10H2,(H2,22,29). The van der Waals surface area contributed by atoms with Crippen LogP contribution in [-0.4, -0.2) is 55.9 Å². The number of anilines is 1. The minimum Gasteiger partial charge on any atom is -0.364 e. The number of carbonyl (C=O) groups is 2. The van der Waals surface area contributed by atoms with E-state index in [-0.39, 0.29) is 23.6 Å². The highest BCUT2D eigenvalue weighted by Gasteiger charge is 2.37. The Morgan fingerprint density at radius 3 is 2.74 bits per heavy atom. The Labute approximate surface area is 178 Å². The first-order valence-corrected chi connectivity index (χ1v) is 10.4. The van der Waals surface area contributed by atoms with E-state index in [2.05, 4.69) is 15.0 Å². The zero-order valence-electron chi connectivity index (χ0n) is 16.9. The van der Waals surface area contributed by atoms with Crippen molar-refractivity contribution in [1.82, 2.24) is 24.4 Å². The molecule has 10 heteroatoms. The summed E-state index contributed by atoms with van der Waals surface area (Å²) in [4.78, 5) is 44.8. The molecule has 0 spiro atoms. The Morgan fingerprint density at radius 2 is 1.94 bits per heavy atom. The number of amides is 2. The van der Waals surface area contributed by atoms with E-state index in [1.807, 2.05) is 33.8 Å². The molecule has 1 unspecified atom stereocenters. The lowest BCUT2D eigenvalue weighted by Gasteiger charge is -2.34. The lowest BCUT2D eigenvalue weighted by Crippen LogP contribution is -2.42. The zero-order chi connectivity index (χ0) is 21.4. The second-order valence-electron chi connectivity index (χ2n) is 7.84. The Balaban J connectivity index is 1.26. The number of imidazole rings is 1. The summed E-state index contributed by atoms with van der Waals surface area (Å²) in [6, 6.07) is 5.46. The van der Waals surface area contributed by atoms with E-state index in [1.54, 1.807) is 17.3 Å². The van der Waals surface area contributed by atoms with E-state index in [0.717, 1.165) is 17.6 Å². The van der Waals surface area contributed by atoms with Gasteiger partial charge < -0.3 is 15.0 Å². The van der Waals surface area contributed by atoms with Crippen LogP contribution in [0.15, 0.2) is 43.1 Å². The maximum Gasteiger partial charge on any atom is 0.267 e. The van der Waals surface area contributed by atoms with Gasteiger partial charge in [-0.2, -0.15) is 0 Å². The molecule has 5 heterocycles. The summed E-state index contributed by atoms with van der Waals surface area (Å²) >= 11 is 0. The first-order valence-electron chi connectivity index (χ1n) is 10.4. The lowest BCUT2D eigenvalue weighted by molar-refractivity contribution is -0.182. The predicted molar refractivity (Wildman–Crippen MR) is 111 cm³/mol. The van der Waals surface area contributed by atoms with Crippen LogP contribution in [0, 0.1) is 5.92 Å². The van der Waals surface area contributed by atoms with Crippen LogP contribution in [0.3, 0.4) is 0 Å². The molecule has 160 valence electrons. The van der Waals surface area contributed by atoms with Crippen molar-refractivity contribution < 1.29 is 14.4 Å². The zero-order valence-corrected chi connectivity index (χ0v) is 16.9. The summed E-state index contributed by atoms with van der Waals surface area (Å²) in [5, 5.41) is 1.56. The first-order chi connectivity index (χ1) is 15.1. The fourth-order valence-corrected chi connectivity index (χ4v) is 4.31. The quantitative estimate of drug-likeness (QED) is 0.675. The fourth-order valence-electron chi connectivity index (χ4n) is 4.31.